The lowest BCUT2D eigenvalue weighted by Crippen LogP contribution is -2.28. The third kappa shape index (κ3) is 3.35. The summed E-state index contributed by atoms with van der Waals surface area (Å²) in [4.78, 5) is 3.77. The zero-order valence-corrected chi connectivity index (χ0v) is 15.2. The number of benzene rings is 1. The van der Waals surface area contributed by atoms with E-state index in [4.69, 9.17) is 15.2 Å². The van der Waals surface area contributed by atoms with Crippen molar-refractivity contribution in [1.29, 1.82) is 0 Å². The Morgan fingerprint density at radius 1 is 1.22 bits per heavy atom. The fourth-order valence-corrected chi connectivity index (χ4v) is 3.73. The number of aromatic nitrogens is 1. The van der Waals surface area contributed by atoms with Crippen LogP contribution in [0.3, 0.4) is 0 Å². The van der Waals surface area contributed by atoms with E-state index in [-0.39, 0.29) is 10.7 Å². The first-order valence-electron chi connectivity index (χ1n) is 6.43. The van der Waals surface area contributed by atoms with Crippen molar-refractivity contribution in [2.75, 3.05) is 31.3 Å². The van der Waals surface area contributed by atoms with Crippen LogP contribution in [0.4, 0.5) is 11.5 Å². The Balaban J connectivity index is 2.58. The van der Waals surface area contributed by atoms with Gasteiger partial charge in [-0.1, -0.05) is 0 Å². The van der Waals surface area contributed by atoms with Gasteiger partial charge in [-0.25, -0.2) is 13.4 Å². The van der Waals surface area contributed by atoms with Gasteiger partial charge in [-0.15, -0.1) is 0 Å². The summed E-state index contributed by atoms with van der Waals surface area (Å²) in [7, 11) is 0.443. The molecule has 0 aliphatic heterocycles. The Kier molecular flexibility index (Phi) is 5.00. The predicted octanol–water partition coefficient (Wildman–Crippen LogP) is 2.27. The summed E-state index contributed by atoms with van der Waals surface area (Å²) in [6, 6.07) is 6.28. The number of hydrogen-bond acceptors (Lipinski definition) is 6. The molecule has 0 bridgehead atoms. The van der Waals surface area contributed by atoms with E-state index in [0.29, 0.717) is 21.7 Å². The number of ether oxygens (including phenoxy) is 2. The molecule has 0 aliphatic rings. The van der Waals surface area contributed by atoms with Gasteiger partial charge in [-0.05, 0) is 34.1 Å². The molecule has 7 nitrogen and oxygen atoms in total. The highest BCUT2D eigenvalue weighted by Crippen LogP contribution is 2.35. The molecule has 0 saturated heterocycles. The van der Waals surface area contributed by atoms with Gasteiger partial charge in [0.1, 0.15) is 22.2 Å². The third-order valence-corrected chi connectivity index (χ3v) is 5.45. The predicted molar refractivity (Wildman–Crippen MR) is 91.5 cm³/mol. The number of rotatable bonds is 5. The van der Waals surface area contributed by atoms with Crippen LogP contribution in [0.1, 0.15) is 0 Å². The van der Waals surface area contributed by atoms with Crippen molar-refractivity contribution in [2.24, 2.45) is 0 Å². The van der Waals surface area contributed by atoms with E-state index in [2.05, 4.69) is 20.9 Å². The summed E-state index contributed by atoms with van der Waals surface area (Å²) in [5, 5.41) is 0. The van der Waals surface area contributed by atoms with Gasteiger partial charge in [0, 0.05) is 23.8 Å². The summed E-state index contributed by atoms with van der Waals surface area (Å²) in [6.07, 6.45) is 1.43. The van der Waals surface area contributed by atoms with Crippen LogP contribution in [0.15, 0.2) is 39.8 Å². The smallest absolute Gasteiger partial charge is 0.267 e. The quantitative estimate of drug-likeness (QED) is 0.825. The molecule has 124 valence electrons. The van der Waals surface area contributed by atoms with Crippen LogP contribution in [-0.2, 0) is 10.0 Å². The molecule has 2 aromatic rings. The average molecular weight is 402 g/mol. The number of methoxy groups -OCH3 is 2. The van der Waals surface area contributed by atoms with Gasteiger partial charge in [-0.2, -0.15) is 0 Å². The van der Waals surface area contributed by atoms with Crippen molar-refractivity contribution in [3.05, 3.63) is 34.9 Å². The van der Waals surface area contributed by atoms with Crippen LogP contribution >= 0.6 is 15.9 Å². The Morgan fingerprint density at radius 3 is 2.52 bits per heavy atom. The minimum absolute atomic E-state index is 0.0816. The van der Waals surface area contributed by atoms with Crippen LogP contribution in [0.5, 0.6) is 11.5 Å². The zero-order chi connectivity index (χ0) is 17.2. The van der Waals surface area contributed by atoms with Gasteiger partial charge in [0.15, 0.2) is 0 Å². The van der Waals surface area contributed by atoms with Crippen LogP contribution < -0.4 is 19.5 Å². The van der Waals surface area contributed by atoms with Crippen molar-refractivity contribution in [3.8, 4) is 11.5 Å². The summed E-state index contributed by atoms with van der Waals surface area (Å²) in [5.74, 6) is 0.809. The van der Waals surface area contributed by atoms with E-state index in [1.807, 2.05) is 0 Å². The van der Waals surface area contributed by atoms with E-state index < -0.39 is 10.0 Å². The summed E-state index contributed by atoms with van der Waals surface area (Å²) < 4.78 is 37.7. The van der Waals surface area contributed by atoms with E-state index in [1.54, 1.807) is 18.2 Å². The van der Waals surface area contributed by atoms with Gasteiger partial charge >= 0.3 is 0 Å². The first kappa shape index (κ1) is 17.4. The Bertz CT molecular complexity index is 827. The maximum Gasteiger partial charge on any atom is 0.267 e. The minimum atomic E-state index is -3.92. The highest BCUT2D eigenvalue weighted by Gasteiger charge is 2.27. The second kappa shape index (κ2) is 6.63. The SMILES string of the molecule is COc1ccc(OC)c(N(C)S(=O)(=O)c2cc(Br)cnc2N)c1. The molecule has 1 heterocycles. The lowest BCUT2D eigenvalue weighted by atomic mass is 10.3. The van der Waals surface area contributed by atoms with Crippen molar-refractivity contribution in [3.63, 3.8) is 0 Å². The lowest BCUT2D eigenvalue weighted by molar-refractivity contribution is 0.404. The summed E-state index contributed by atoms with van der Waals surface area (Å²) >= 11 is 3.20. The molecular formula is C14H16BrN3O4S. The zero-order valence-electron chi connectivity index (χ0n) is 12.8. The fraction of sp³-hybridized carbons (Fsp3) is 0.214. The van der Waals surface area contributed by atoms with Gasteiger partial charge in [0.2, 0.25) is 0 Å². The third-order valence-electron chi connectivity index (χ3n) is 3.21. The van der Waals surface area contributed by atoms with Crippen LogP contribution in [0.2, 0.25) is 0 Å². The molecule has 0 unspecified atom stereocenters. The number of hydrogen-bond donors (Lipinski definition) is 1. The number of pyridine rings is 1. The molecule has 1 aromatic heterocycles. The van der Waals surface area contributed by atoms with Crippen molar-refractivity contribution in [1.82, 2.24) is 4.98 Å². The number of anilines is 2. The lowest BCUT2D eigenvalue weighted by Gasteiger charge is -2.22. The maximum atomic E-state index is 12.9. The summed E-state index contributed by atoms with van der Waals surface area (Å²) in [6.45, 7) is 0. The van der Waals surface area contributed by atoms with Crippen molar-refractivity contribution >= 4 is 37.5 Å². The highest BCUT2D eigenvalue weighted by atomic mass is 79.9. The molecule has 0 amide bonds. The number of nitrogen functional groups attached to an aromatic ring is 1. The van der Waals surface area contributed by atoms with E-state index >= 15 is 0 Å². The molecule has 2 rings (SSSR count). The fourth-order valence-electron chi connectivity index (χ4n) is 1.96. The normalized spacial score (nSPS) is 11.1. The molecule has 0 fully saturated rings. The van der Waals surface area contributed by atoms with Crippen LogP contribution in [-0.4, -0.2) is 34.7 Å². The topological polar surface area (TPSA) is 94.8 Å². The van der Waals surface area contributed by atoms with E-state index in [9.17, 15) is 8.42 Å². The first-order chi connectivity index (χ1) is 10.8. The van der Waals surface area contributed by atoms with Crippen molar-refractivity contribution in [2.45, 2.75) is 4.90 Å². The van der Waals surface area contributed by atoms with Crippen LogP contribution in [0.25, 0.3) is 0 Å². The second-order valence-corrected chi connectivity index (χ2v) is 7.40. The molecule has 0 spiro atoms. The second-order valence-electron chi connectivity index (χ2n) is 4.55. The van der Waals surface area contributed by atoms with Gasteiger partial charge < -0.3 is 15.2 Å². The number of nitrogens with zero attached hydrogens (tertiary/aromatic N) is 2. The molecular weight excluding hydrogens is 386 g/mol. The Labute approximate surface area is 143 Å². The van der Waals surface area contributed by atoms with E-state index in [1.165, 1.54) is 33.5 Å². The molecule has 2 N–H and O–H groups in total. The first-order valence-corrected chi connectivity index (χ1v) is 8.66. The van der Waals surface area contributed by atoms with Crippen molar-refractivity contribution < 1.29 is 17.9 Å². The molecule has 23 heavy (non-hydrogen) atoms. The van der Waals surface area contributed by atoms with Gasteiger partial charge in [0.05, 0.1) is 19.9 Å². The molecule has 0 radical (unpaired) electrons. The van der Waals surface area contributed by atoms with Crippen LogP contribution in [0, 0.1) is 0 Å². The Morgan fingerprint density at radius 2 is 1.91 bits per heavy atom. The number of sulfonamides is 1. The standard InChI is InChI=1S/C14H16BrN3O4S/c1-18(11-7-10(21-2)4-5-12(11)22-3)23(19,20)13-6-9(15)8-17-14(13)16/h4-8H,1-3H3,(H2,16,17). The molecule has 0 saturated carbocycles. The monoisotopic (exact) mass is 401 g/mol. The molecule has 9 heteroatoms. The molecule has 1 aromatic carbocycles. The number of halogens is 1. The van der Waals surface area contributed by atoms with Gasteiger partial charge in [0.25, 0.3) is 10.0 Å². The molecule has 0 atom stereocenters. The average Bonchev–Trinajstić information content (AvgIpc) is 2.55. The van der Waals surface area contributed by atoms with E-state index in [0.717, 1.165) is 4.31 Å². The maximum absolute atomic E-state index is 12.9. The summed E-state index contributed by atoms with van der Waals surface area (Å²) in [5.41, 5.74) is 6.05. The number of nitrogens with two attached hydrogens (primary N) is 1. The molecule has 0 aliphatic carbocycles. The van der Waals surface area contributed by atoms with Gasteiger partial charge in [-0.3, -0.25) is 4.31 Å². The Hall–Kier alpha value is -2.00. The minimum Gasteiger partial charge on any atom is -0.497 e. The largest absolute Gasteiger partial charge is 0.497 e. The highest BCUT2D eigenvalue weighted by molar-refractivity contribution is 9.10.